The van der Waals surface area contributed by atoms with Gasteiger partial charge >= 0.3 is 5.97 Å². The van der Waals surface area contributed by atoms with Gasteiger partial charge in [0.2, 0.25) is 5.91 Å². The first-order valence-corrected chi connectivity index (χ1v) is 9.21. The highest BCUT2D eigenvalue weighted by Crippen LogP contribution is 2.39. The number of esters is 1. The van der Waals surface area contributed by atoms with E-state index in [9.17, 15) is 9.59 Å². The Hall–Kier alpha value is -1.67. The van der Waals surface area contributed by atoms with Crippen molar-refractivity contribution in [2.45, 2.75) is 30.7 Å². The van der Waals surface area contributed by atoms with E-state index in [2.05, 4.69) is 20.0 Å². The maximum absolute atomic E-state index is 11.8. The van der Waals surface area contributed by atoms with Crippen LogP contribution in [-0.4, -0.2) is 41.3 Å². The molecular formula is C15H17N3O3S2. The molecule has 0 spiro atoms. The summed E-state index contributed by atoms with van der Waals surface area (Å²) in [6, 6.07) is 0. The molecule has 0 saturated heterocycles. The number of methoxy groups -OCH3 is 1. The first kappa shape index (κ1) is 16.2. The van der Waals surface area contributed by atoms with Crippen LogP contribution in [0.15, 0.2) is 11.4 Å². The zero-order valence-electron chi connectivity index (χ0n) is 12.8. The fourth-order valence-electron chi connectivity index (χ4n) is 2.60. The molecule has 0 bridgehead atoms. The van der Waals surface area contributed by atoms with Crippen LogP contribution in [0.1, 0.15) is 23.3 Å². The molecule has 122 valence electrons. The number of hydrogen-bond acceptors (Lipinski definition) is 7. The third-order valence-corrected chi connectivity index (χ3v) is 5.90. The number of hydrogen-bond donors (Lipinski definition) is 1. The predicted molar refractivity (Wildman–Crippen MR) is 89.8 cm³/mol. The summed E-state index contributed by atoms with van der Waals surface area (Å²) < 4.78 is 4.49. The Bertz CT molecular complexity index is 745. The zero-order valence-corrected chi connectivity index (χ0v) is 14.4. The van der Waals surface area contributed by atoms with Gasteiger partial charge in [0, 0.05) is 10.3 Å². The van der Waals surface area contributed by atoms with Crippen LogP contribution in [-0.2, 0) is 27.2 Å². The molecule has 1 aliphatic rings. The van der Waals surface area contributed by atoms with Crippen LogP contribution in [0.4, 0.5) is 0 Å². The maximum Gasteiger partial charge on any atom is 0.325 e. The number of aromatic nitrogens is 2. The summed E-state index contributed by atoms with van der Waals surface area (Å²) >= 11 is 3.13. The molecule has 1 N–H and O–H groups in total. The van der Waals surface area contributed by atoms with Crippen LogP contribution in [0.3, 0.4) is 0 Å². The minimum atomic E-state index is -0.459. The number of nitrogens with zero attached hydrogens (tertiary/aromatic N) is 2. The number of amides is 1. The molecule has 23 heavy (non-hydrogen) atoms. The van der Waals surface area contributed by atoms with E-state index < -0.39 is 5.97 Å². The van der Waals surface area contributed by atoms with E-state index in [1.807, 2.05) is 0 Å². The minimum Gasteiger partial charge on any atom is -0.468 e. The van der Waals surface area contributed by atoms with Crippen LogP contribution >= 0.6 is 23.1 Å². The second-order valence-electron chi connectivity index (χ2n) is 5.21. The number of thiophene rings is 1. The molecule has 0 saturated carbocycles. The average Bonchev–Trinajstić information content (AvgIpc) is 2.96. The summed E-state index contributed by atoms with van der Waals surface area (Å²) in [4.78, 5) is 34.0. The molecule has 0 atom stereocenters. The number of nitrogens with one attached hydrogen (secondary N) is 1. The van der Waals surface area contributed by atoms with Gasteiger partial charge in [0.05, 0.1) is 12.9 Å². The maximum atomic E-state index is 11.8. The van der Waals surface area contributed by atoms with Crippen molar-refractivity contribution in [2.24, 2.45) is 0 Å². The molecule has 1 amide bonds. The van der Waals surface area contributed by atoms with E-state index in [4.69, 9.17) is 0 Å². The van der Waals surface area contributed by atoms with Crippen LogP contribution < -0.4 is 5.32 Å². The fourth-order valence-corrected chi connectivity index (χ4v) is 4.75. The van der Waals surface area contributed by atoms with E-state index in [1.165, 1.54) is 42.2 Å². The Morgan fingerprint density at radius 3 is 3.00 bits per heavy atom. The van der Waals surface area contributed by atoms with Crippen molar-refractivity contribution < 1.29 is 14.3 Å². The molecule has 2 heterocycles. The topological polar surface area (TPSA) is 81.2 Å². The smallest absolute Gasteiger partial charge is 0.325 e. The Morgan fingerprint density at radius 1 is 1.35 bits per heavy atom. The first-order valence-electron chi connectivity index (χ1n) is 7.40. The Labute approximate surface area is 142 Å². The lowest BCUT2D eigenvalue weighted by atomic mass is 9.97. The third kappa shape index (κ3) is 3.64. The molecule has 0 radical (unpaired) electrons. The molecular weight excluding hydrogens is 334 g/mol. The van der Waals surface area contributed by atoms with Crippen LogP contribution in [0.5, 0.6) is 0 Å². The van der Waals surface area contributed by atoms with Crippen LogP contribution in [0, 0.1) is 0 Å². The molecule has 2 aromatic heterocycles. The van der Waals surface area contributed by atoms with Crippen molar-refractivity contribution in [1.29, 1.82) is 0 Å². The van der Waals surface area contributed by atoms with E-state index >= 15 is 0 Å². The molecule has 3 rings (SSSR count). The quantitative estimate of drug-likeness (QED) is 0.504. The summed E-state index contributed by atoms with van der Waals surface area (Å²) in [5, 5.41) is 4.49. The molecule has 0 fully saturated rings. The minimum absolute atomic E-state index is 0.108. The molecule has 2 aromatic rings. The van der Waals surface area contributed by atoms with E-state index in [-0.39, 0.29) is 18.2 Å². The molecule has 1 aliphatic carbocycles. The van der Waals surface area contributed by atoms with E-state index in [1.54, 1.807) is 17.7 Å². The Kier molecular flexibility index (Phi) is 5.12. The predicted octanol–water partition coefficient (Wildman–Crippen LogP) is 1.95. The standard InChI is InChI=1S/C15H17N3O3S2/c1-21-12(20)6-16-11(19)7-22-14-13-9-4-2-3-5-10(9)23-15(13)18-8-17-14/h8H,2-7H2,1H3,(H,16,19). The van der Waals surface area contributed by atoms with Crippen molar-refractivity contribution in [3.8, 4) is 0 Å². The number of ether oxygens (including phenoxy) is 1. The highest BCUT2D eigenvalue weighted by atomic mass is 32.2. The normalized spacial score (nSPS) is 13.6. The highest BCUT2D eigenvalue weighted by Gasteiger charge is 2.20. The number of aryl methyl sites for hydroxylation is 2. The monoisotopic (exact) mass is 351 g/mol. The number of carbonyl (C=O) groups is 2. The molecule has 0 aromatic carbocycles. The van der Waals surface area contributed by atoms with Crippen molar-refractivity contribution in [3.63, 3.8) is 0 Å². The molecule has 0 unspecified atom stereocenters. The fraction of sp³-hybridized carbons (Fsp3) is 0.467. The highest BCUT2D eigenvalue weighted by molar-refractivity contribution is 8.00. The lowest BCUT2D eigenvalue weighted by molar-refractivity contribution is -0.140. The molecule has 6 nitrogen and oxygen atoms in total. The number of rotatable bonds is 5. The largest absolute Gasteiger partial charge is 0.468 e. The Balaban J connectivity index is 1.72. The lowest BCUT2D eigenvalue weighted by Crippen LogP contribution is -2.31. The van der Waals surface area contributed by atoms with Gasteiger partial charge in [-0.1, -0.05) is 11.8 Å². The van der Waals surface area contributed by atoms with Gasteiger partial charge in [0.15, 0.2) is 0 Å². The van der Waals surface area contributed by atoms with Gasteiger partial charge < -0.3 is 10.1 Å². The van der Waals surface area contributed by atoms with Gasteiger partial charge in [-0.05, 0) is 31.2 Å². The second-order valence-corrected chi connectivity index (χ2v) is 7.26. The Morgan fingerprint density at radius 2 is 2.17 bits per heavy atom. The molecule has 8 heteroatoms. The van der Waals surface area contributed by atoms with E-state index in [0.29, 0.717) is 0 Å². The van der Waals surface area contributed by atoms with Crippen molar-refractivity contribution in [3.05, 3.63) is 16.8 Å². The van der Waals surface area contributed by atoms with Crippen molar-refractivity contribution in [2.75, 3.05) is 19.4 Å². The van der Waals surface area contributed by atoms with Crippen molar-refractivity contribution in [1.82, 2.24) is 15.3 Å². The number of fused-ring (bicyclic) bond motifs is 3. The summed E-state index contributed by atoms with van der Waals surface area (Å²) in [6.07, 6.45) is 6.15. The van der Waals surface area contributed by atoms with Crippen LogP contribution in [0.25, 0.3) is 10.2 Å². The summed E-state index contributed by atoms with van der Waals surface area (Å²) in [7, 11) is 1.29. The summed E-state index contributed by atoms with van der Waals surface area (Å²) in [5.74, 6) is -0.454. The van der Waals surface area contributed by atoms with Gasteiger partial charge in [-0.3, -0.25) is 9.59 Å². The number of carbonyl (C=O) groups excluding carboxylic acids is 2. The van der Waals surface area contributed by atoms with E-state index in [0.717, 1.165) is 28.1 Å². The van der Waals surface area contributed by atoms with Crippen molar-refractivity contribution >= 4 is 45.2 Å². The van der Waals surface area contributed by atoms with Gasteiger partial charge in [-0.2, -0.15) is 0 Å². The van der Waals surface area contributed by atoms with Gasteiger partial charge in [0.1, 0.15) is 22.7 Å². The third-order valence-electron chi connectivity index (χ3n) is 3.71. The second kappa shape index (κ2) is 7.27. The average molecular weight is 351 g/mol. The van der Waals surface area contributed by atoms with Gasteiger partial charge in [0.25, 0.3) is 0 Å². The van der Waals surface area contributed by atoms with Gasteiger partial charge in [-0.25, -0.2) is 9.97 Å². The number of thioether (sulfide) groups is 1. The lowest BCUT2D eigenvalue weighted by Gasteiger charge is -2.11. The van der Waals surface area contributed by atoms with Crippen LogP contribution in [0.2, 0.25) is 0 Å². The first-order chi connectivity index (χ1) is 11.2. The zero-order chi connectivity index (χ0) is 16.2. The van der Waals surface area contributed by atoms with Gasteiger partial charge in [-0.15, -0.1) is 11.3 Å². The molecule has 0 aliphatic heterocycles. The summed E-state index contributed by atoms with van der Waals surface area (Å²) in [5.41, 5.74) is 1.36. The summed E-state index contributed by atoms with van der Waals surface area (Å²) in [6.45, 7) is -0.108. The SMILES string of the molecule is COC(=O)CNC(=O)CSc1ncnc2sc3c(c12)CCCC3.